The fourth-order valence-corrected chi connectivity index (χ4v) is 3.15. The van der Waals surface area contributed by atoms with Crippen LogP contribution in [0.5, 0.6) is 0 Å². The van der Waals surface area contributed by atoms with E-state index >= 15 is 0 Å². The third-order valence-electron chi connectivity index (χ3n) is 4.33. The van der Waals surface area contributed by atoms with Gasteiger partial charge < -0.3 is 10.1 Å². The Morgan fingerprint density at radius 1 is 1.03 bits per heavy atom. The zero-order valence-corrected chi connectivity index (χ0v) is 15.2. The quantitative estimate of drug-likeness (QED) is 0.450. The predicted molar refractivity (Wildman–Crippen MR) is 102 cm³/mol. The highest BCUT2D eigenvalue weighted by atomic mass is 35.5. The monoisotopic (exact) mass is 417 g/mol. The van der Waals surface area contributed by atoms with Crippen LogP contribution in [0.1, 0.15) is 15.9 Å². The average molecular weight is 418 g/mol. The number of benzene rings is 2. The van der Waals surface area contributed by atoms with E-state index in [-0.39, 0.29) is 16.1 Å². The molecule has 5 nitrogen and oxygen atoms in total. The average Bonchev–Trinajstić information content (AvgIpc) is 3.10. The molecule has 0 saturated carbocycles. The summed E-state index contributed by atoms with van der Waals surface area (Å²) in [6, 6.07) is 11.5. The summed E-state index contributed by atoms with van der Waals surface area (Å²) in [5.41, 5.74) is 1.68. The second kappa shape index (κ2) is 6.89. The van der Waals surface area contributed by atoms with Crippen molar-refractivity contribution < 1.29 is 23.1 Å². The summed E-state index contributed by atoms with van der Waals surface area (Å²) in [4.78, 5) is 22.3. The zero-order chi connectivity index (χ0) is 20.8. The summed E-state index contributed by atoms with van der Waals surface area (Å²) in [5.74, 6) is -0.703. The summed E-state index contributed by atoms with van der Waals surface area (Å²) in [6.45, 7) is 0. The van der Waals surface area contributed by atoms with E-state index in [1.54, 1.807) is 24.3 Å². The Kier molecular flexibility index (Phi) is 4.50. The summed E-state index contributed by atoms with van der Waals surface area (Å²) < 4.78 is 38.6. The first-order chi connectivity index (χ1) is 13.7. The highest BCUT2D eigenvalue weighted by Gasteiger charge is 2.30. The first-order valence-corrected chi connectivity index (χ1v) is 8.67. The van der Waals surface area contributed by atoms with E-state index in [1.807, 2.05) is 0 Å². The smallest absolute Gasteiger partial charge is 0.416 e. The van der Waals surface area contributed by atoms with Crippen LogP contribution in [0.25, 0.3) is 33.7 Å². The minimum Gasteiger partial charge on any atom is -0.478 e. The normalized spacial score (nSPS) is 11.7. The molecule has 4 aromatic rings. The van der Waals surface area contributed by atoms with E-state index < -0.39 is 17.7 Å². The fraction of sp³-hybridized carbons (Fsp3) is 0.0500. The molecule has 2 aromatic heterocycles. The molecule has 9 heteroatoms. The number of rotatable bonds is 3. The largest absolute Gasteiger partial charge is 0.478 e. The van der Waals surface area contributed by atoms with E-state index in [0.29, 0.717) is 28.2 Å². The first kappa shape index (κ1) is 18.9. The van der Waals surface area contributed by atoms with Crippen LogP contribution >= 0.6 is 11.6 Å². The van der Waals surface area contributed by atoms with Gasteiger partial charge in [-0.3, -0.25) is 4.98 Å². The van der Waals surface area contributed by atoms with Crippen molar-refractivity contribution in [3.8, 4) is 22.6 Å². The molecule has 0 bridgehead atoms. The number of aromatic carboxylic acids is 1. The molecule has 29 heavy (non-hydrogen) atoms. The lowest BCUT2D eigenvalue weighted by Crippen LogP contribution is -2.04. The Labute approximate surface area is 166 Å². The van der Waals surface area contributed by atoms with Crippen molar-refractivity contribution in [3.63, 3.8) is 0 Å². The Morgan fingerprint density at radius 3 is 2.34 bits per heavy atom. The Balaban J connectivity index is 1.67. The number of nitrogens with zero attached hydrogens (tertiary/aromatic N) is 2. The molecule has 0 unspecified atom stereocenters. The van der Waals surface area contributed by atoms with Gasteiger partial charge in [-0.05, 0) is 24.3 Å². The number of carboxylic acids is 1. The van der Waals surface area contributed by atoms with Crippen molar-refractivity contribution in [3.05, 3.63) is 70.9 Å². The van der Waals surface area contributed by atoms with Gasteiger partial charge >= 0.3 is 12.1 Å². The number of carbonyl (C=O) groups is 1. The van der Waals surface area contributed by atoms with E-state index in [2.05, 4.69) is 15.0 Å². The van der Waals surface area contributed by atoms with Crippen molar-refractivity contribution >= 4 is 28.6 Å². The second-order valence-electron chi connectivity index (χ2n) is 6.25. The number of hydrogen-bond donors (Lipinski definition) is 2. The molecule has 0 aliphatic heterocycles. The molecule has 4 rings (SSSR count). The molecule has 0 atom stereocenters. The Bertz CT molecular complexity index is 1230. The minimum absolute atomic E-state index is 0.0177. The molecule has 2 N–H and O–H groups in total. The van der Waals surface area contributed by atoms with Gasteiger partial charge in [0.2, 0.25) is 0 Å². The lowest BCUT2D eigenvalue weighted by Gasteiger charge is -2.05. The number of pyridine rings is 1. The van der Waals surface area contributed by atoms with Crippen LogP contribution < -0.4 is 0 Å². The van der Waals surface area contributed by atoms with E-state index in [0.717, 1.165) is 12.1 Å². The number of carboxylic acid groups (broad SMARTS) is 1. The molecule has 146 valence electrons. The van der Waals surface area contributed by atoms with Crippen LogP contribution in [0.15, 0.2) is 54.7 Å². The van der Waals surface area contributed by atoms with Crippen LogP contribution in [-0.4, -0.2) is 26.0 Å². The maximum Gasteiger partial charge on any atom is 0.416 e. The minimum atomic E-state index is -4.43. The molecule has 2 aromatic carbocycles. The number of H-pyrrole nitrogens is 1. The molecule has 2 heterocycles. The maximum atomic E-state index is 12.9. The van der Waals surface area contributed by atoms with Crippen LogP contribution in [0, 0.1) is 0 Å². The summed E-state index contributed by atoms with van der Waals surface area (Å²) >= 11 is 6.13. The van der Waals surface area contributed by atoms with E-state index in [1.165, 1.54) is 18.3 Å². The summed E-state index contributed by atoms with van der Waals surface area (Å²) in [7, 11) is 0. The number of aromatic nitrogens is 3. The van der Waals surface area contributed by atoms with E-state index in [9.17, 15) is 18.0 Å². The number of alkyl halides is 3. The Morgan fingerprint density at radius 2 is 1.72 bits per heavy atom. The second-order valence-corrected chi connectivity index (χ2v) is 6.66. The molecule has 0 amide bonds. The topological polar surface area (TPSA) is 78.9 Å². The molecule has 0 fully saturated rings. The standard InChI is InChI=1S/C20H11ClF3N3O2/c21-14-7-12(19(28)29)9-25-17(14)10-1-3-11(4-2-10)18-26-15-6-5-13(20(22,23)24)8-16(15)27-18/h1-9H,(H,26,27)(H,28,29). The molecule has 0 aliphatic rings. The van der Waals surface area contributed by atoms with Crippen molar-refractivity contribution in [2.24, 2.45) is 0 Å². The summed E-state index contributed by atoms with van der Waals surface area (Å²) in [6.07, 6.45) is -3.21. The lowest BCUT2D eigenvalue weighted by atomic mass is 10.1. The highest BCUT2D eigenvalue weighted by Crippen LogP contribution is 2.32. The molecule has 0 spiro atoms. The van der Waals surface area contributed by atoms with Gasteiger partial charge in [-0.25, -0.2) is 9.78 Å². The van der Waals surface area contributed by atoms with Gasteiger partial charge in [0, 0.05) is 17.3 Å². The van der Waals surface area contributed by atoms with Crippen LogP contribution in [-0.2, 0) is 6.18 Å². The number of imidazole rings is 1. The van der Waals surface area contributed by atoms with E-state index in [4.69, 9.17) is 16.7 Å². The highest BCUT2D eigenvalue weighted by molar-refractivity contribution is 6.33. The Hall–Kier alpha value is -3.39. The predicted octanol–water partition coefficient (Wildman–Crippen LogP) is 5.66. The third kappa shape index (κ3) is 3.66. The third-order valence-corrected chi connectivity index (χ3v) is 4.62. The molecular weight excluding hydrogens is 407 g/mol. The maximum absolute atomic E-state index is 12.9. The zero-order valence-electron chi connectivity index (χ0n) is 14.5. The van der Waals surface area contributed by atoms with Gasteiger partial charge in [-0.1, -0.05) is 35.9 Å². The van der Waals surface area contributed by atoms with Crippen molar-refractivity contribution in [2.45, 2.75) is 6.18 Å². The molecule has 0 radical (unpaired) electrons. The number of halogens is 4. The lowest BCUT2D eigenvalue weighted by molar-refractivity contribution is -0.137. The van der Waals surface area contributed by atoms with Crippen molar-refractivity contribution in [1.29, 1.82) is 0 Å². The number of nitrogens with one attached hydrogen (secondary N) is 1. The van der Waals surface area contributed by atoms with Crippen molar-refractivity contribution in [1.82, 2.24) is 15.0 Å². The SMILES string of the molecule is O=C(O)c1cnc(-c2ccc(-c3nc4ccc(C(F)(F)F)cc4[nH]3)cc2)c(Cl)c1. The van der Waals surface area contributed by atoms with Gasteiger partial charge in [0.15, 0.2) is 0 Å². The number of fused-ring (bicyclic) bond motifs is 1. The van der Waals surface area contributed by atoms with Gasteiger partial charge in [0.1, 0.15) is 5.82 Å². The molecule has 0 aliphatic carbocycles. The van der Waals surface area contributed by atoms with Gasteiger partial charge in [0.05, 0.1) is 32.9 Å². The van der Waals surface area contributed by atoms with Crippen LogP contribution in [0.4, 0.5) is 13.2 Å². The van der Waals surface area contributed by atoms with Crippen LogP contribution in [0.2, 0.25) is 5.02 Å². The molecule has 0 saturated heterocycles. The molecular formula is C20H11ClF3N3O2. The van der Waals surface area contributed by atoms with Crippen LogP contribution in [0.3, 0.4) is 0 Å². The number of hydrogen-bond acceptors (Lipinski definition) is 3. The van der Waals surface area contributed by atoms with Gasteiger partial charge in [0.25, 0.3) is 0 Å². The fourth-order valence-electron chi connectivity index (χ4n) is 2.88. The summed E-state index contributed by atoms with van der Waals surface area (Å²) in [5, 5.41) is 9.18. The number of aromatic amines is 1. The first-order valence-electron chi connectivity index (χ1n) is 8.29. The van der Waals surface area contributed by atoms with Gasteiger partial charge in [-0.2, -0.15) is 13.2 Å². The van der Waals surface area contributed by atoms with Gasteiger partial charge in [-0.15, -0.1) is 0 Å². The van der Waals surface area contributed by atoms with Crippen molar-refractivity contribution in [2.75, 3.05) is 0 Å².